The molecule has 0 saturated heterocycles. The number of pyridine rings is 1. The summed E-state index contributed by atoms with van der Waals surface area (Å²) in [6.07, 6.45) is 5.73. The molecule has 0 bridgehead atoms. The van der Waals surface area contributed by atoms with Crippen molar-refractivity contribution in [2.24, 2.45) is 0 Å². The fourth-order valence-electron chi connectivity index (χ4n) is 3.03. The van der Waals surface area contributed by atoms with Crippen molar-refractivity contribution in [2.45, 2.75) is 43.6 Å². The molecule has 140 valence electrons. The van der Waals surface area contributed by atoms with Crippen molar-refractivity contribution in [3.63, 3.8) is 0 Å². The minimum absolute atomic E-state index is 0.153. The topological polar surface area (TPSA) is 65.8 Å². The van der Waals surface area contributed by atoms with Gasteiger partial charge in [0.2, 0.25) is 5.91 Å². The van der Waals surface area contributed by atoms with E-state index in [2.05, 4.69) is 11.4 Å². The van der Waals surface area contributed by atoms with E-state index < -0.39 is 0 Å². The number of aryl methyl sites for hydroxylation is 2. The molecule has 1 aromatic heterocycles. The molecule has 27 heavy (non-hydrogen) atoms. The summed E-state index contributed by atoms with van der Waals surface area (Å²) in [6.45, 7) is 0. The number of hydrogen-bond donors (Lipinski definition) is 1. The van der Waals surface area contributed by atoms with Crippen LogP contribution in [0.2, 0.25) is 10.0 Å². The number of carbonyl (C=O) groups is 1. The zero-order valence-electron chi connectivity index (χ0n) is 14.7. The standard InChI is InChI=1S/C20H19Cl2N3OS/c21-15-6-7-16(22)18(11-15)24-19(26)8-9-27-20-14(12-23)10-13-4-2-1-3-5-17(13)25-20/h6-7,10-11H,1-5,8-9H2,(H,24,26). The maximum Gasteiger partial charge on any atom is 0.225 e. The molecule has 7 heteroatoms. The van der Waals surface area contributed by atoms with Gasteiger partial charge in [0.15, 0.2) is 0 Å². The summed E-state index contributed by atoms with van der Waals surface area (Å²) in [7, 11) is 0. The fourth-order valence-corrected chi connectivity index (χ4v) is 4.28. The lowest BCUT2D eigenvalue weighted by molar-refractivity contribution is -0.115. The van der Waals surface area contributed by atoms with Gasteiger partial charge >= 0.3 is 0 Å². The Morgan fingerprint density at radius 3 is 2.85 bits per heavy atom. The van der Waals surface area contributed by atoms with E-state index >= 15 is 0 Å². The van der Waals surface area contributed by atoms with Crippen LogP contribution in [0.15, 0.2) is 29.3 Å². The number of rotatable bonds is 5. The number of nitrogens with zero attached hydrogens (tertiary/aromatic N) is 2. The third-order valence-corrected chi connectivity index (χ3v) is 5.96. The fraction of sp³-hybridized carbons (Fsp3) is 0.350. The average Bonchev–Trinajstić information content (AvgIpc) is 2.88. The summed E-state index contributed by atoms with van der Waals surface area (Å²) in [5, 5.41) is 13.9. The maximum atomic E-state index is 12.2. The summed E-state index contributed by atoms with van der Waals surface area (Å²) in [4.78, 5) is 16.9. The predicted molar refractivity (Wildman–Crippen MR) is 111 cm³/mol. The molecule has 1 heterocycles. The highest BCUT2D eigenvalue weighted by Crippen LogP contribution is 2.28. The predicted octanol–water partition coefficient (Wildman–Crippen LogP) is 5.65. The van der Waals surface area contributed by atoms with Crippen molar-refractivity contribution in [2.75, 3.05) is 11.1 Å². The van der Waals surface area contributed by atoms with Crippen LogP contribution in [0.4, 0.5) is 5.69 Å². The molecule has 1 N–H and O–H groups in total. The SMILES string of the molecule is N#Cc1cc2c(nc1SCCC(=O)Nc1cc(Cl)ccc1Cl)CCCCC2. The first-order valence-electron chi connectivity index (χ1n) is 8.87. The summed E-state index contributed by atoms with van der Waals surface area (Å²) in [5.74, 6) is 0.379. The number of anilines is 1. The number of hydrogen-bond acceptors (Lipinski definition) is 4. The van der Waals surface area contributed by atoms with Gasteiger partial charge in [-0.25, -0.2) is 4.98 Å². The normalized spacial score (nSPS) is 13.4. The highest BCUT2D eigenvalue weighted by molar-refractivity contribution is 7.99. The zero-order valence-corrected chi connectivity index (χ0v) is 17.1. The third-order valence-electron chi connectivity index (χ3n) is 4.41. The van der Waals surface area contributed by atoms with Crippen molar-refractivity contribution in [3.8, 4) is 6.07 Å². The molecule has 1 aliphatic carbocycles. The molecule has 0 spiro atoms. The number of aromatic nitrogens is 1. The monoisotopic (exact) mass is 419 g/mol. The molecule has 0 saturated carbocycles. The molecule has 0 aliphatic heterocycles. The van der Waals surface area contributed by atoms with Gasteiger partial charge < -0.3 is 5.32 Å². The van der Waals surface area contributed by atoms with E-state index in [-0.39, 0.29) is 12.3 Å². The molecular formula is C20H19Cl2N3OS. The van der Waals surface area contributed by atoms with E-state index in [4.69, 9.17) is 28.2 Å². The van der Waals surface area contributed by atoms with E-state index in [0.717, 1.165) is 31.4 Å². The van der Waals surface area contributed by atoms with E-state index in [1.54, 1.807) is 18.2 Å². The van der Waals surface area contributed by atoms with Gasteiger partial charge in [0, 0.05) is 22.9 Å². The van der Waals surface area contributed by atoms with Crippen LogP contribution in [0, 0.1) is 11.3 Å². The Kier molecular flexibility index (Phi) is 7.01. The van der Waals surface area contributed by atoms with Crippen LogP contribution in [0.5, 0.6) is 0 Å². The minimum Gasteiger partial charge on any atom is -0.325 e. The minimum atomic E-state index is -0.153. The quantitative estimate of drug-likeness (QED) is 0.502. The molecule has 0 atom stereocenters. The van der Waals surface area contributed by atoms with Gasteiger partial charge in [0.25, 0.3) is 0 Å². The zero-order chi connectivity index (χ0) is 19.2. The largest absolute Gasteiger partial charge is 0.325 e. The first-order chi connectivity index (χ1) is 13.1. The van der Waals surface area contributed by atoms with Crippen molar-refractivity contribution >= 4 is 46.6 Å². The number of thioether (sulfide) groups is 1. The van der Waals surface area contributed by atoms with Gasteiger partial charge in [-0.05, 0) is 55.5 Å². The van der Waals surface area contributed by atoms with Crippen LogP contribution in [0.3, 0.4) is 0 Å². The highest BCUT2D eigenvalue weighted by Gasteiger charge is 2.15. The van der Waals surface area contributed by atoms with E-state index in [1.807, 2.05) is 6.07 Å². The van der Waals surface area contributed by atoms with Crippen molar-refractivity contribution in [3.05, 3.63) is 51.1 Å². The summed E-state index contributed by atoms with van der Waals surface area (Å²) < 4.78 is 0. The summed E-state index contributed by atoms with van der Waals surface area (Å²) >= 11 is 13.4. The van der Waals surface area contributed by atoms with E-state index in [0.29, 0.717) is 32.1 Å². The van der Waals surface area contributed by atoms with Gasteiger partial charge in [-0.1, -0.05) is 29.6 Å². The third kappa shape index (κ3) is 5.38. The second-order valence-electron chi connectivity index (χ2n) is 6.39. The Morgan fingerprint density at radius 1 is 1.22 bits per heavy atom. The maximum absolute atomic E-state index is 12.2. The van der Waals surface area contributed by atoms with Crippen LogP contribution in [-0.2, 0) is 17.6 Å². The second-order valence-corrected chi connectivity index (χ2v) is 8.32. The van der Waals surface area contributed by atoms with Gasteiger partial charge in [-0.3, -0.25) is 4.79 Å². The Bertz CT molecular complexity index is 896. The van der Waals surface area contributed by atoms with Gasteiger partial charge in [-0.15, -0.1) is 11.8 Å². The molecule has 1 aromatic carbocycles. The molecule has 1 aliphatic rings. The lowest BCUT2D eigenvalue weighted by Crippen LogP contribution is -2.12. The Balaban J connectivity index is 1.61. The smallest absolute Gasteiger partial charge is 0.225 e. The Labute approximate surface area is 173 Å². The molecule has 0 fully saturated rings. The Hall–Kier alpha value is -1.74. The molecule has 0 unspecified atom stereocenters. The van der Waals surface area contributed by atoms with Crippen LogP contribution < -0.4 is 5.32 Å². The second kappa shape index (κ2) is 9.45. The van der Waals surface area contributed by atoms with Crippen molar-refractivity contribution < 1.29 is 4.79 Å². The summed E-state index contributed by atoms with van der Waals surface area (Å²) in [6, 6.07) is 9.15. The first kappa shape index (κ1) is 20.0. The van der Waals surface area contributed by atoms with Gasteiger partial charge in [0.1, 0.15) is 11.1 Å². The first-order valence-corrected chi connectivity index (χ1v) is 10.6. The molecule has 1 amide bonds. The van der Waals surface area contributed by atoms with Crippen LogP contribution in [0.1, 0.15) is 42.5 Å². The van der Waals surface area contributed by atoms with Crippen molar-refractivity contribution in [1.82, 2.24) is 4.98 Å². The van der Waals surface area contributed by atoms with Gasteiger partial charge in [-0.2, -0.15) is 5.26 Å². The number of nitriles is 1. The van der Waals surface area contributed by atoms with Crippen molar-refractivity contribution in [1.29, 1.82) is 5.26 Å². The number of benzene rings is 1. The van der Waals surface area contributed by atoms with Crippen LogP contribution in [-0.4, -0.2) is 16.6 Å². The van der Waals surface area contributed by atoms with E-state index in [9.17, 15) is 10.1 Å². The number of fused-ring (bicyclic) bond motifs is 1. The molecular weight excluding hydrogens is 401 g/mol. The number of halogens is 2. The summed E-state index contributed by atoms with van der Waals surface area (Å²) in [5.41, 5.74) is 3.39. The average molecular weight is 420 g/mol. The lowest BCUT2D eigenvalue weighted by atomic mass is 10.1. The van der Waals surface area contributed by atoms with Crippen LogP contribution in [0.25, 0.3) is 0 Å². The van der Waals surface area contributed by atoms with Gasteiger partial charge in [0.05, 0.1) is 16.3 Å². The number of amides is 1. The van der Waals surface area contributed by atoms with Crippen LogP contribution >= 0.6 is 35.0 Å². The Morgan fingerprint density at radius 2 is 2.04 bits per heavy atom. The molecule has 3 rings (SSSR count). The number of carbonyl (C=O) groups excluding carboxylic acids is 1. The molecule has 0 radical (unpaired) electrons. The molecule has 4 nitrogen and oxygen atoms in total. The van der Waals surface area contributed by atoms with E-state index in [1.165, 1.54) is 23.7 Å². The number of nitrogens with one attached hydrogen (secondary N) is 1. The lowest BCUT2D eigenvalue weighted by Gasteiger charge is -2.10. The molecule has 2 aromatic rings. The highest BCUT2D eigenvalue weighted by atomic mass is 35.5.